The van der Waals surface area contributed by atoms with Gasteiger partial charge in [0.2, 0.25) is 0 Å². The third kappa shape index (κ3) is 2.00. The number of aliphatic hydroxyl groups excluding tert-OH is 1. The molecule has 1 aliphatic rings. The van der Waals surface area contributed by atoms with Crippen LogP contribution >= 0.6 is 0 Å². The summed E-state index contributed by atoms with van der Waals surface area (Å²) < 4.78 is 18.5. The van der Waals surface area contributed by atoms with E-state index >= 15 is 0 Å². The molecule has 4 nitrogen and oxygen atoms in total. The van der Waals surface area contributed by atoms with E-state index in [2.05, 4.69) is 9.97 Å². The number of imidazole rings is 1. The standard InChI is InChI=1S/C14H15FN2O2/c1-19-12-3-2-9(6-10(12)15)11-7-16-13(17-11)14(8-18)4-5-14/h2-3,6-7,18H,4-5,8H2,1H3,(H,16,17). The number of aromatic amines is 1. The average molecular weight is 262 g/mol. The minimum absolute atomic E-state index is 0.0942. The van der Waals surface area contributed by atoms with Gasteiger partial charge in [0.15, 0.2) is 11.6 Å². The molecule has 5 heteroatoms. The molecule has 0 amide bonds. The highest BCUT2D eigenvalue weighted by Crippen LogP contribution is 2.46. The Bertz CT molecular complexity index is 605. The van der Waals surface area contributed by atoms with E-state index < -0.39 is 5.82 Å². The highest BCUT2D eigenvalue weighted by molar-refractivity contribution is 5.60. The maximum absolute atomic E-state index is 13.7. The Hall–Kier alpha value is -1.88. The van der Waals surface area contributed by atoms with E-state index in [1.165, 1.54) is 13.2 Å². The van der Waals surface area contributed by atoms with Gasteiger partial charge in [-0.25, -0.2) is 9.37 Å². The van der Waals surface area contributed by atoms with Crippen LogP contribution in [0.1, 0.15) is 18.7 Å². The van der Waals surface area contributed by atoms with Crippen LogP contribution < -0.4 is 4.74 Å². The molecule has 2 N–H and O–H groups in total. The fourth-order valence-electron chi connectivity index (χ4n) is 2.19. The van der Waals surface area contributed by atoms with Gasteiger partial charge in [-0.15, -0.1) is 0 Å². The van der Waals surface area contributed by atoms with Gasteiger partial charge < -0.3 is 14.8 Å². The first kappa shape index (κ1) is 12.2. The number of nitrogens with zero attached hydrogens (tertiary/aromatic N) is 1. The SMILES string of the molecule is COc1ccc(-c2cnc(C3(CO)CC3)[nH]2)cc1F. The second kappa shape index (κ2) is 4.35. The molecule has 100 valence electrons. The Morgan fingerprint density at radius 3 is 2.84 bits per heavy atom. The van der Waals surface area contributed by atoms with E-state index in [1.807, 2.05) is 0 Å². The van der Waals surface area contributed by atoms with E-state index in [0.717, 1.165) is 24.4 Å². The lowest BCUT2D eigenvalue weighted by Crippen LogP contribution is -2.13. The van der Waals surface area contributed by atoms with Crippen molar-refractivity contribution in [2.45, 2.75) is 18.3 Å². The van der Waals surface area contributed by atoms with Crippen LogP contribution in [0.2, 0.25) is 0 Å². The van der Waals surface area contributed by atoms with Crippen molar-refractivity contribution in [3.05, 3.63) is 36.0 Å². The van der Waals surface area contributed by atoms with Crippen LogP contribution in [0.15, 0.2) is 24.4 Å². The van der Waals surface area contributed by atoms with E-state index in [4.69, 9.17) is 4.74 Å². The van der Waals surface area contributed by atoms with Crippen LogP contribution in [-0.2, 0) is 5.41 Å². The van der Waals surface area contributed by atoms with Crippen molar-refractivity contribution in [1.29, 1.82) is 0 Å². The van der Waals surface area contributed by atoms with Gasteiger partial charge in [-0.3, -0.25) is 0 Å². The second-order valence-electron chi connectivity index (χ2n) is 4.93. The van der Waals surface area contributed by atoms with Crippen molar-refractivity contribution in [3.63, 3.8) is 0 Å². The minimum Gasteiger partial charge on any atom is -0.494 e. The van der Waals surface area contributed by atoms with Crippen molar-refractivity contribution in [1.82, 2.24) is 9.97 Å². The molecule has 1 saturated carbocycles. The van der Waals surface area contributed by atoms with Crippen molar-refractivity contribution in [2.24, 2.45) is 0 Å². The van der Waals surface area contributed by atoms with Gasteiger partial charge >= 0.3 is 0 Å². The molecule has 1 heterocycles. The van der Waals surface area contributed by atoms with Gasteiger partial charge in [0.25, 0.3) is 0 Å². The van der Waals surface area contributed by atoms with E-state index in [0.29, 0.717) is 5.56 Å². The molecule has 1 aromatic carbocycles. The van der Waals surface area contributed by atoms with E-state index in [-0.39, 0.29) is 17.8 Å². The molecular weight excluding hydrogens is 247 g/mol. The Morgan fingerprint density at radius 1 is 1.47 bits per heavy atom. The predicted molar refractivity (Wildman–Crippen MR) is 68.5 cm³/mol. The molecule has 2 aromatic rings. The van der Waals surface area contributed by atoms with Gasteiger partial charge in [-0.1, -0.05) is 0 Å². The van der Waals surface area contributed by atoms with Gasteiger partial charge in [0, 0.05) is 5.56 Å². The molecule has 0 bridgehead atoms. The quantitative estimate of drug-likeness (QED) is 0.888. The second-order valence-corrected chi connectivity index (χ2v) is 4.93. The number of aromatic nitrogens is 2. The average Bonchev–Trinajstić information content (AvgIpc) is 3.08. The minimum atomic E-state index is -0.403. The number of hydrogen-bond acceptors (Lipinski definition) is 3. The number of nitrogens with one attached hydrogen (secondary N) is 1. The monoisotopic (exact) mass is 262 g/mol. The lowest BCUT2D eigenvalue weighted by Gasteiger charge is -2.07. The number of methoxy groups -OCH3 is 1. The Balaban J connectivity index is 1.93. The lowest BCUT2D eigenvalue weighted by molar-refractivity contribution is 0.250. The van der Waals surface area contributed by atoms with Crippen LogP contribution in [0.5, 0.6) is 5.75 Å². The van der Waals surface area contributed by atoms with Crippen LogP contribution in [0.3, 0.4) is 0 Å². The molecular formula is C14H15FN2O2. The Labute approximate surface area is 110 Å². The zero-order valence-electron chi connectivity index (χ0n) is 10.6. The molecule has 19 heavy (non-hydrogen) atoms. The third-order valence-corrected chi connectivity index (χ3v) is 3.70. The zero-order valence-corrected chi connectivity index (χ0v) is 10.6. The number of ether oxygens (including phenoxy) is 1. The topological polar surface area (TPSA) is 58.1 Å². The van der Waals surface area contributed by atoms with Gasteiger partial charge in [-0.2, -0.15) is 0 Å². The summed E-state index contributed by atoms with van der Waals surface area (Å²) in [6, 6.07) is 4.77. The van der Waals surface area contributed by atoms with Crippen LogP contribution in [0.25, 0.3) is 11.3 Å². The number of H-pyrrole nitrogens is 1. The molecule has 1 aliphatic carbocycles. The molecule has 1 aromatic heterocycles. The van der Waals surface area contributed by atoms with Crippen molar-refractivity contribution >= 4 is 0 Å². The molecule has 0 unspecified atom stereocenters. The summed E-state index contributed by atoms with van der Waals surface area (Å²) in [5, 5.41) is 9.37. The summed E-state index contributed by atoms with van der Waals surface area (Å²) >= 11 is 0. The normalized spacial score (nSPS) is 16.4. The zero-order chi connectivity index (χ0) is 13.5. The summed E-state index contributed by atoms with van der Waals surface area (Å²) in [7, 11) is 1.44. The van der Waals surface area contributed by atoms with Crippen LogP contribution in [0, 0.1) is 5.82 Å². The molecule has 0 radical (unpaired) electrons. The van der Waals surface area contributed by atoms with Crippen LogP contribution in [-0.4, -0.2) is 28.8 Å². The van der Waals surface area contributed by atoms with Crippen LogP contribution in [0.4, 0.5) is 4.39 Å². The van der Waals surface area contributed by atoms with Crippen molar-refractivity contribution in [2.75, 3.05) is 13.7 Å². The molecule has 0 saturated heterocycles. The van der Waals surface area contributed by atoms with Gasteiger partial charge in [-0.05, 0) is 31.0 Å². The molecule has 1 fully saturated rings. The van der Waals surface area contributed by atoms with Gasteiger partial charge in [0.1, 0.15) is 5.82 Å². The third-order valence-electron chi connectivity index (χ3n) is 3.70. The number of rotatable bonds is 4. The summed E-state index contributed by atoms with van der Waals surface area (Å²) in [4.78, 5) is 7.47. The summed E-state index contributed by atoms with van der Waals surface area (Å²) in [6.45, 7) is 0.0942. The Morgan fingerprint density at radius 2 is 2.26 bits per heavy atom. The fourth-order valence-corrected chi connectivity index (χ4v) is 2.19. The molecule has 0 atom stereocenters. The summed E-state index contributed by atoms with van der Waals surface area (Å²) in [6.07, 6.45) is 3.55. The fraction of sp³-hybridized carbons (Fsp3) is 0.357. The first-order valence-corrected chi connectivity index (χ1v) is 6.19. The number of aliphatic hydroxyl groups is 1. The van der Waals surface area contributed by atoms with Gasteiger partial charge in [0.05, 0.1) is 31.0 Å². The Kier molecular flexibility index (Phi) is 2.78. The van der Waals surface area contributed by atoms with Crippen molar-refractivity contribution < 1.29 is 14.2 Å². The first-order valence-electron chi connectivity index (χ1n) is 6.19. The smallest absolute Gasteiger partial charge is 0.165 e. The molecule has 0 aliphatic heterocycles. The number of benzene rings is 1. The van der Waals surface area contributed by atoms with Crippen molar-refractivity contribution in [3.8, 4) is 17.0 Å². The maximum atomic E-state index is 13.7. The molecule has 0 spiro atoms. The van der Waals surface area contributed by atoms with E-state index in [9.17, 15) is 9.50 Å². The highest BCUT2D eigenvalue weighted by atomic mass is 19.1. The predicted octanol–water partition coefficient (Wildman–Crippen LogP) is 2.25. The first-order chi connectivity index (χ1) is 9.18. The highest BCUT2D eigenvalue weighted by Gasteiger charge is 2.46. The summed E-state index contributed by atoms with van der Waals surface area (Å²) in [5.74, 6) is 0.596. The largest absolute Gasteiger partial charge is 0.494 e. The lowest BCUT2D eigenvalue weighted by atomic mass is 10.1. The maximum Gasteiger partial charge on any atom is 0.165 e. The molecule has 3 rings (SSSR count). The number of hydrogen-bond donors (Lipinski definition) is 2. The summed E-state index contributed by atoms with van der Waals surface area (Å²) in [5.41, 5.74) is 1.26. The van der Waals surface area contributed by atoms with E-state index in [1.54, 1.807) is 18.3 Å². The number of halogens is 1.